The van der Waals surface area contributed by atoms with E-state index in [1.807, 2.05) is 26.0 Å². The number of rotatable bonds is 7. The zero-order valence-corrected chi connectivity index (χ0v) is 21.8. The van der Waals surface area contributed by atoms with Gasteiger partial charge in [-0.25, -0.2) is 14.5 Å². The van der Waals surface area contributed by atoms with Gasteiger partial charge >= 0.3 is 12.0 Å². The average molecular weight is 553 g/mol. The number of carbonyl (C=O) groups excluding carboxylic acids is 3. The first kappa shape index (κ1) is 26.9. The number of ether oxygens (including phenoxy) is 1. The lowest BCUT2D eigenvalue weighted by Crippen LogP contribution is -2.54. The third kappa shape index (κ3) is 5.72. The van der Waals surface area contributed by atoms with Crippen LogP contribution in [0.4, 0.5) is 10.5 Å². The van der Waals surface area contributed by atoms with Crippen LogP contribution < -0.4 is 15.0 Å². The molecule has 0 aliphatic carbocycles. The molecule has 3 aromatic carbocycles. The first-order valence-corrected chi connectivity index (χ1v) is 12.3. The summed E-state index contributed by atoms with van der Waals surface area (Å²) >= 11 is 12.8. The van der Waals surface area contributed by atoms with Crippen LogP contribution in [0.25, 0.3) is 6.08 Å². The number of hydrogen-bond donors (Lipinski definition) is 2. The summed E-state index contributed by atoms with van der Waals surface area (Å²) in [6.45, 7) is 4.13. The van der Waals surface area contributed by atoms with Crippen molar-refractivity contribution in [2.75, 3.05) is 4.90 Å². The molecule has 0 aromatic heterocycles. The maximum absolute atomic E-state index is 13.2. The molecule has 1 fully saturated rings. The molecule has 0 bridgehead atoms. The van der Waals surface area contributed by atoms with Crippen molar-refractivity contribution in [1.29, 1.82) is 0 Å². The van der Waals surface area contributed by atoms with Gasteiger partial charge in [-0.3, -0.25) is 14.9 Å². The Balaban J connectivity index is 1.56. The first-order chi connectivity index (χ1) is 18.0. The number of carbonyl (C=O) groups is 4. The van der Waals surface area contributed by atoms with E-state index >= 15 is 0 Å². The second kappa shape index (κ2) is 11.1. The van der Waals surface area contributed by atoms with Crippen LogP contribution >= 0.6 is 23.2 Å². The van der Waals surface area contributed by atoms with Crippen molar-refractivity contribution in [3.05, 3.63) is 98.5 Å². The number of aromatic carboxylic acids is 1. The average Bonchev–Trinajstić information content (AvgIpc) is 2.86. The molecule has 2 N–H and O–H groups in total. The molecule has 1 heterocycles. The van der Waals surface area contributed by atoms with Crippen LogP contribution in [0.5, 0.6) is 5.75 Å². The zero-order valence-electron chi connectivity index (χ0n) is 20.3. The number of amides is 4. The predicted octanol–water partition coefficient (Wildman–Crippen LogP) is 6.06. The number of halogens is 2. The third-order valence-corrected chi connectivity index (χ3v) is 6.40. The van der Waals surface area contributed by atoms with Crippen molar-refractivity contribution < 1.29 is 29.0 Å². The van der Waals surface area contributed by atoms with E-state index in [0.29, 0.717) is 16.8 Å². The van der Waals surface area contributed by atoms with E-state index in [2.05, 4.69) is 5.32 Å². The van der Waals surface area contributed by atoms with Gasteiger partial charge in [0.25, 0.3) is 11.8 Å². The quantitative estimate of drug-likeness (QED) is 0.272. The third-order valence-electron chi connectivity index (χ3n) is 5.84. The Morgan fingerprint density at radius 1 is 1.00 bits per heavy atom. The van der Waals surface area contributed by atoms with E-state index < -0.39 is 23.8 Å². The molecule has 0 atom stereocenters. The van der Waals surface area contributed by atoms with Gasteiger partial charge in [0.1, 0.15) is 12.2 Å². The van der Waals surface area contributed by atoms with Crippen molar-refractivity contribution in [3.8, 4) is 5.75 Å². The number of barbiturate groups is 1. The van der Waals surface area contributed by atoms with E-state index in [4.69, 9.17) is 33.0 Å². The molecule has 0 radical (unpaired) electrons. The van der Waals surface area contributed by atoms with E-state index in [1.165, 1.54) is 30.3 Å². The van der Waals surface area contributed by atoms with Gasteiger partial charge in [0.2, 0.25) is 0 Å². The fourth-order valence-electron chi connectivity index (χ4n) is 3.77. The van der Waals surface area contributed by atoms with Crippen LogP contribution in [0.3, 0.4) is 0 Å². The lowest BCUT2D eigenvalue weighted by atomic mass is 10.0. The van der Waals surface area contributed by atoms with Gasteiger partial charge in [-0.1, -0.05) is 61.3 Å². The molecule has 194 valence electrons. The van der Waals surface area contributed by atoms with Gasteiger partial charge in [0.05, 0.1) is 21.3 Å². The Bertz CT molecular complexity index is 1440. The number of nitrogens with zero attached hydrogens (tertiary/aromatic N) is 1. The van der Waals surface area contributed by atoms with Crippen molar-refractivity contribution in [3.63, 3.8) is 0 Å². The minimum atomic E-state index is -1.03. The number of urea groups is 1. The molecular formula is C28H22Cl2N2O6. The van der Waals surface area contributed by atoms with E-state index in [9.17, 15) is 19.2 Å². The normalized spacial score (nSPS) is 14.7. The number of carboxylic acid groups (broad SMARTS) is 1. The molecule has 38 heavy (non-hydrogen) atoms. The van der Waals surface area contributed by atoms with E-state index in [0.717, 1.165) is 10.5 Å². The van der Waals surface area contributed by atoms with Crippen LogP contribution in [0.15, 0.2) is 66.2 Å². The number of benzene rings is 3. The molecule has 1 saturated heterocycles. The monoisotopic (exact) mass is 552 g/mol. The number of anilines is 1. The van der Waals surface area contributed by atoms with Gasteiger partial charge in [-0.2, -0.15) is 0 Å². The second-order valence-corrected chi connectivity index (χ2v) is 9.62. The summed E-state index contributed by atoms with van der Waals surface area (Å²) in [5.41, 5.74) is 2.29. The SMILES string of the molecule is CC(C)c1ccc(N2C(=O)NC(=O)C(=Cc3cc(Cl)c(OCc4ccc(C(=O)O)cc4)c(Cl)c3)C2=O)cc1. The van der Waals surface area contributed by atoms with Crippen molar-refractivity contribution in [1.82, 2.24) is 5.32 Å². The Hall–Kier alpha value is -4.14. The number of hydrogen-bond acceptors (Lipinski definition) is 5. The topological polar surface area (TPSA) is 113 Å². The predicted molar refractivity (Wildman–Crippen MR) is 144 cm³/mol. The summed E-state index contributed by atoms with van der Waals surface area (Å²) in [5.74, 6) is -2.21. The molecule has 10 heteroatoms. The van der Waals surface area contributed by atoms with Gasteiger partial charge in [0.15, 0.2) is 5.75 Å². The molecule has 0 saturated carbocycles. The standard InChI is InChI=1S/C28H22Cl2N2O6/c1-15(2)18-7-9-20(10-8-18)32-26(34)21(25(33)31-28(32)37)11-17-12-22(29)24(23(30)13-17)38-14-16-3-5-19(6-4-16)27(35)36/h3-13,15H,14H2,1-2H3,(H,35,36)(H,31,33,37). The smallest absolute Gasteiger partial charge is 0.335 e. The number of nitrogens with one attached hydrogen (secondary N) is 1. The summed E-state index contributed by atoms with van der Waals surface area (Å²) < 4.78 is 5.73. The summed E-state index contributed by atoms with van der Waals surface area (Å²) in [5, 5.41) is 11.5. The zero-order chi connectivity index (χ0) is 27.6. The Morgan fingerprint density at radius 3 is 2.16 bits per heavy atom. The number of imide groups is 2. The Morgan fingerprint density at radius 2 is 1.61 bits per heavy atom. The van der Waals surface area contributed by atoms with Gasteiger partial charge in [-0.15, -0.1) is 0 Å². The molecular weight excluding hydrogens is 531 g/mol. The minimum Gasteiger partial charge on any atom is -0.486 e. The van der Waals surface area contributed by atoms with Crippen LogP contribution in [0, 0.1) is 0 Å². The molecule has 1 aliphatic heterocycles. The molecule has 1 aliphatic rings. The van der Waals surface area contributed by atoms with E-state index in [1.54, 1.807) is 24.3 Å². The summed E-state index contributed by atoms with van der Waals surface area (Å²) in [7, 11) is 0. The highest BCUT2D eigenvalue weighted by Gasteiger charge is 2.36. The molecule has 0 spiro atoms. The Labute approximate surface area is 228 Å². The van der Waals surface area contributed by atoms with Crippen LogP contribution in [0.1, 0.15) is 46.8 Å². The summed E-state index contributed by atoms with van der Waals surface area (Å²) in [4.78, 5) is 50.1. The largest absolute Gasteiger partial charge is 0.486 e. The lowest BCUT2D eigenvalue weighted by molar-refractivity contribution is -0.122. The maximum Gasteiger partial charge on any atom is 0.335 e. The van der Waals surface area contributed by atoms with Crippen LogP contribution in [-0.4, -0.2) is 28.9 Å². The molecule has 8 nitrogen and oxygen atoms in total. The highest BCUT2D eigenvalue weighted by atomic mass is 35.5. The highest BCUT2D eigenvalue weighted by molar-refractivity contribution is 6.40. The first-order valence-electron chi connectivity index (χ1n) is 11.5. The molecule has 4 rings (SSSR count). The molecule has 3 aromatic rings. The van der Waals surface area contributed by atoms with E-state index in [-0.39, 0.29) is 39.5 Å². The fourth-order valence-corrected chi connectivity index (χ4v) is 4.38. The second-order valence-electron chi connectivity index (χ2n) is 8.81. The lowest BCUT2D eigenvalue weighted by Gasteiger charge is -2.26. The van der Waals surface area contributed by atoms with Crippen molar-refractivity contribution >= 4 is 58.8 Å². The fraction of sp³-hybridized carbons (Fsp3) is 0.143. The molecule has 0 unspecified atom stereocenters. The minimum absolute atomic E-state index is 0.0767. The van der Waals surface area contributed by atoms with Crippen molar-refractivity contribution in [2.45, 2.75) is 26.4 Å². The highest BCUT2D eigenvalue weighted by Crippen LogP contribution is 2.36. The number of carboxylic acids is 1. The van der Waals surface area contributed by atoms with Crippen LogP contribution in [-0.2, 0) is 16.2 Å². The Kier molecular flexibility index (Phi) is 7.85. The van der Waals surface area contributed by atoms with Crippen molar-refractivity contribution in [2.24, 2.45) is 0 Å². The summed E-state index contributed by atoms with van der Waals surface area (Å²) in [6, 6.07) is 15.2. The van der Waals surface area contributed by atoms with Gasteiger partial charge in [-0.05, 0) is 65.1 Å². The summed E-state index contributed by atoms with van der Waals surface area (Å²) in [6.07, 6.45) is 1.30. The maximum atomic E-state index is 13.2. The van der Waals surface area contributed by atoms with Gasteiger partial charge < -0.3 is 9.84 Å². The molecule has 4 amide bonds. The van der Waals surface area contributed by atoms with Gasteiger partial charge in [0, 0.05) is 0 Å². The van der Waals surface area contributed by atoms with Crippen LogP contribution in [0.2, 0.25) is 10.0 Å².